The molecule has 0 radical (unpaired) electrons. The van der Waals surface area contributed by atoms with Gasteiger partial charge < -0.3 is 74.7 Å². The van der Waals surface area contributed by atoms with E-state index in [0.29, 0.717) is 62.4 Å². The molecule has 0 spiro atoms. The molecule has 4 heterocycles. The Morgan fingerprint density at radius 2 is 0.588 bits per heavy atom. The van der Waals surface area contributed by atoms with E-state index in [0.717, 1.165) is 0 Å². The van der Waals surface area contributed by atoms with Gasteiger partial charge in [0.1, 0.15) is 0 Å². The Hall–Kier alpha value is -3.08. The van der Waals surface area contributed by atoms with Crippen LogP contribution in [0.25, 0.3) is 22.3 Å². The molecule has 51 heavy (non-hydrogen) atoms. The van der Waals surface area contributed by atoms with Crippen molar-refractivity contribution in [3.63, 3.8) is 0 Å². The fraction of sp³-hybridized carbons (Fsp3) is 0.250. The van der Waals surface area contributed by atoms with Gasteiger partial charge in [-0.25, -0.2) is 0 Å². The van der Waals surface area contributed by atoms with Gasteiger partial charge in [-0.05, 0) is 88.0 Å². The summed E-state index contributed by atoms with van der Waals surface area (Å²) in [5.41, 5.74) is 5.21. The lowest BCUT2D eigenvalue weighted by Crippen LogP contribution is -2.23. The van der Waals surface area contributed by atoms with E-state index in [1.165, 1.54) is 28.4 Å². The molecule has 4 aliphatic rings. The molecule has 15 nitrogen and oxygen atoms in total. The number of phenols is 4. The normalized spacial score (nSPS) is 19.0. The van der Waals surface area contributed by atoms with Crippen LogP contribution in [0.2, 0.25) is 0 Å². The molecule has 0 fully saturated rings. The van der Waals surface area contributed by atoms with E-state index in [9.17, 15) is 20.4 Å². The van der Waals surface area contributed by atoms with E-state index in [-0.39, 0.29) is 62.4 Å². The molecule has 276 valence electrons. The van der Waals surface area contributed by atoms with Gasteiger partial charge in [0.25, 0.3) is 0 Å². The highest BCUT2D eigenvalue weighted by Gasteiger charge is 2.43. The van der Waals surface area contributed by atoms with Gasteiger partial charge in [-0.3, -0.25) is 0 Å². The molecule has 4 aromatic carbocycles. The van der Waals surface area contributed by atoms with Crippen LogP contribution in [0, 0.1) is 0 Å². The summed E-state index contributed by atoms with van der Waals surface area (Å²) >= 11 is 13.2. The van der Waals surface area contributed by atoms with Crippen LogP contribution in [0.15, 0.2) is 42.2 Å². The van der Waals surface area contributed by atoms with Gasteiger partial charge in [-0.2, -0.15) is 0 Å². The first-order chi connectivity index (χ1) is 22.9. The maximum absolute atomic E-state index is 10.4. The molecule has 8 rings (SSSR count). The third kappa shape index (κ3) is 6.07. The predicted molar refractivity (Wildman–Crippen MR) is 194 cm³/mol. The Kier molecular flexibility index (Phi) is 12.1. The van der Waals surface area contributed by atoms with Crippen LogP contribution in [-0.4, -0.2) is 65.3 Å². The Morgan fingerprint density at radius 3 is 0.745 bits per heavy atom. The molecule has 4 aliphatic heterocycles. The number of benzene rings is 4. The van der Waals surface area contributed by atoms with E-state index in [1.54, 1.807) is 24.3 Å². The third-order valence-corrected chi connectivity index (χ3v) is 10.6. The van der Waals surface area contributed by atoms with Crippen LogP contribution in [0.4, 0.5) is 0 Å². The Labute approximate surface area is 323 Å². The molecular weight excluding hydrogens is 944 g/mol. The Balaban J connectivity index is 0.000000216. The minimum Gasteiger partial charge on any atom is -0.503 e. The van der Waals surface area contributed by atoms with Crippen LogP contribution in [0.5, 0.6) is 46.0 Å². The van der Waals surface area contributed by atoms with Gasteiger partial charge in [0.2, 0.25) is 25.2 Å². The highest BCUT2D eigenvalue weighted by atomic mass is 79.9. The Morgan fingerprint density at radius 1 is 0.412 bits per heavy atom. The first kappa shape index (κ1) is 40.7. The van der Waals surface area contributed by atoms with Crippen molar-refractivity contribution in [2.45, 2.75) is 25.2 Å². The maximum atomic E-state index is 10.4. The first-order valence-corrected chi connectivity index (χ1v) is 17.1. The van der Waals surface area contributed by atoms with E-state index >= 15 is 0 Å². The minimum absolute atomic E-state index is 0. The molecule has 0 saturated carbocycles. The highest BCUT2D eigenvalue weighted by Crippen LogP contribution is 2.62. The van der Waals surface area contributed by atoms with Crippen molar-refractivity contribution in [2.24, 2.45) is 0 Å². The largest absolute Gasteiger partial charge is 0.503 e. The molecule has 0 aromatic heterocycles. The summed E-state index contributed by atoms with van der Waals surface area (Å²) in [6.45, 7) is 0. The highest BCUT2D eigenvalue weighted by molar-refractivity contribution is 9.11. The molecule has 4 aromatic rings. The summed E-state index contributed by atoms with van der Waals surface area (Å²) in [6.07, 6.45) is -3.00. The average Bonchev–Trinajstić information content (AvgIpc) is 3.08. The van der Waals surface area contributed by atoms with Gasteiger partial charge in [0.05, 0.1) is 17.9 Å². The van der Waals surface area contributed by atoms with Crippen LogP contribution in [0.3, 0.4) is 0 Å². The fourth-order valence-corrected chi connectivity index (χ4v) is 7.86. The zero-order valence-electron chi connectivity index (χ0n) is 26.7. The second-order valence-corrected chi connectivity index (χ2v) is 14.2. The molecule has 0 saturated heterocycles. The number of hydrogen-bond acceptors (Lipinski definition) is 12. The van der Waals surface area contributed by atoms with E-state index < -0.39 is 25.2 Å². The van der Waals surface area contributed by atoms with Crippen molar-refractivity contribution in [3.05, 3.63) is 64.4 Å². The molecule has 0 aliphatic carbocycles. The molecule has 0 unspecified atom stereocenters. The van der Waals surface area contributed by atoms with Gasteiger partial charge in [0, 0.05) is 72.9 Å². The van der Waals surface area contributed by atoms with E-state index in [2.05, 4.69) is 63.7 Å². The van der Waals surface area contributed by atoms with Gasteiger partial charge in [0.15, 0.2) is 46.0 Å². The van der Waals surface area contributed by atoms with Crippen molar-refractivity contribution < 1.29 is 74.7 Å². The van der Waals surface area contributed by atoms with Crippen molar-refractivity contribution in [1.29, 1.82) is 0 Å². The van der Waals surface area contributed by atoms with Crippen molar-refractivity contribution in [3.8, 4) is 68.2 Å². The van der Waals surface area contributed by atoms with Crippen LogP contribution in [-0.2, 0) is 18.9 Å². The van der Waals surface area contributed by atoms with Crippen LogP contribution >= 0.6 is 63.7 Å². The van der Waals surface area contributed by atoms with Gasteiger partial charge in [-0.15, -0.1) is 0 Å². The molecule has 0 bridgehead atoms. The quantitative estimate of drug-likeness (QED) is 0.177. The first-order valence-electron chi connectivity index (χ1n) is 13.9. The monoisotopic (exact) mass is 970 g/mol. The number of rotatable bonds is 4. The molecular formula is C32H30Br4O15. The zero-order chi connectivity index (χ0) is 34.3. The summed E-state index contributed by atoms with van der Waals surface area (Å²) in [5.74, 6) is 0.828. The van der Waals surface area contributed by atoms with E-state index in [1.807, 2.05) is 0 Å². The van der Waals surface area contributed by atoms with Crippen LogP contribution in [0.1, 0.15) is 47.4 Å². The lowest BCUT2D eigenvalue weighted by Gasteiger charge is -2.36. The second-order valence-electron chi connectivity index (χ2n) is 10.7. The Bertz CT molecular complexity index is 1740. The van der Waals surface area contributed by atoms with Crippen molar-refractivity contribution >= 4 is 63.7 Å². The molecule has 0 amide bonds. The van der Waals surface area contributed by atoms with Gasteiger partial charge in [-0.1, -0.05) is 0 Å². The maximum Gasteiger partial charge on any atom is 0.227 e. The number of phenolic OH excluding ortho intramolecular Hbond substituents is 4. The average molecular weight is 974 g/mol. The third-order valence-electron chi connectivity index (χ3n) is 8.23. The van der Waals surface area contributed by atoms with Gasteiger partial charge >= 0.3 is 0 Å². The lowest BCUT2D eigenvalue weighted by atomic mass is 9.88. The summed E-state index contributed by atoms with van der Waals surface area (Å²) in [6, 6.07) is 6.85. The summed E-state index contributed by atoms with van der Waals surface area (Å²) < 4.78 is 46.8. The predicted octanol–water partition coefficient (Wildman–Crippen LogP) is 6.26. The SMILES string of the molecule is CO[C@@H]1Oc2c(O)c(Br)cc3c2-c2c1cc(Br)c(O)c2O[C@H]3OC.CO[C@@H]1Oc2c(O)c(Br)cc3c2-c2c1cc(Br)c(O)c2O[C@H]3OC.O.O.O. The molecule has 19 heteroatoms. The smallest absolute Gasteiger partial charge is 0.227 e. The molecule has 10 N–H and O–H groups in total. The summed E-state index contributed by atoms with van der Waals surface area (Å²) in [7, 11) is 6.00. The number of halogens is 4. The number of ether oxygens (including phenoxy) is 8. The van der Waals surface area contributed by atoms with E-state index in [4.69, 9.17) is 37.9 Å². The molecule has 4 atom stereocenters. The van der Waals surface area contributed by atoms with Crippen molar-refractivity contribution in [2.75, 3.05) is 28.4 Å². The lowest BCUT2D eigenvalue weighted by molar-refractivity contribution is -0.0705. The minimum atomic E-state index is -0.751. The summed E-state index contributed by atoms with van der Waals surface area (Å²) in [5, 5.41) is 41.7. The standard InChI is InChI=1S/2C16H12Br2O6.3H2O/c2*1-21-15-5-3-7(17)12(20)14-9(5)10-6(16(22-2)24-14)4-8(18)11(19)13(10)23-15;;;/h2*3-4,15-16,19-20H,1-2H3;3*1H2/t2*15-,16-;;;/m11.../s1. The fourth-order valence-electron chi connectivity index (χ4n) is 6.16. The van der Waals surface area contributed by atoms with Crippen LogP contribution < -0.4 is 18.9 Å². The topological polar surface area (TPSA) is 249 Å². The number of aromatic hydroxyl groups is 4. The number of methoxy groups -OCH3 is 4. The zero-order valence-corrected chi connectivity index (χ0v) is 33.0. The second kappa shape index (κ2) is 15.1. The number of hydrogen-bond donors (Lipinski definition) is 4. The summed E-state index contributed by atoms with van der Waals surface area (Å²) in [4.78, 5) is 0. The van der Waals surface area contributed by atoms with Crippen molar-refractivity contribution in [1.82, 2.24) is 0 Å².